The van der Waals surface area contributed by atoms with Crippen LogP contribution in [0.1, 0.15) is 94.2 Å². The third-order valence-corrected chi connectivity index (χ3v) is 10.7. The van der Waals surface area contributed by atoms with Gasteiger partial charge in [-0.15, -0.1) is 11.3 Å². The van der Waals surface area contributed by atoms with Gasteiger partial charge in [-0.25, -0.2) is 4.98 Å². The molecule has 2 aromatic rings. The third kappa shape index (κ3) is 11.1. The first-order valence-electron chi connectivity index (χ1n) is 17.5. The molecule has 11 heteroatoms. The van der Waals surface area contributed by atoms with E-state index in [9.17, 15) is 19.2 Å². The van der Waals surface area contributed by atoms with E-state index in [0.717, 1.165) is 42.8 Å². The molecule has 0 spiro atoms. The quantitative estimate of drug-likeness (QED) is 0.222. The van der Waals surface area contributed by atoms with E-state index >= 15 is 0 Å². The highest BCUT2D eigenvalue weighted by molar-refractivity contribution is 7.09. The predicted octanol–water partition coefficient (Wildman–Crippen LogP) is 5.11. The SMILES string of the molecule is CCC(C)C(NC(=O)[C@H]1CCCCN1C)C(=O)N(C)[C@H](CCc1nc(C(=O)N[C@@H](Cc2ccccc2)C[C@H](C)C(=O)OC)cs1)C(C)C. The number of carbonyl (C=O) groups is 4. The molecule has 1 aromatic heterocycles. The summed E-state index contributed by atoms with van der Waals surface area (Å²) in [5.74, 6) is -0.925. The Morgan fingerprint density at radius 3 is 2.42 bits per heavy atom. The minimum absolute atomic E-state index is 0.00744. The molecular formula is C37H57N5O5S. The lowest BCUT2D eigenvalue weighted by molar-refractivity contribution is -0.145. The van der Waals surface area contributed by atoms with E-state index in [-0.39, 0.29) is 59.6 Å². The molecule has 0 aliphatic carbocycles. The number of hydrogen-bond acceptors (Lipinski definition) is 8. The van der Waals surface area contributed by atoms with Crippen molar-refractivity contribution < 1.29 is 23.9 Å². The molecule has 6 atom stereocenters. The number of carbonyl (C=O) groups excluding carboxylic acids is 4. The van der Waals surface area contributed by atoms with Crippen LogP contribution in [0.15, 0.2) is 35.7 Å². The van der Waals surface area contributed by atoms with Crippen LogP contribution < -0.4 is 10.6 Å². The Kier molecular flexibility index (Phi) is 15.5. The highest BCUT2D eigenvalue weighted by Crippen LogP contribution is 2.23. The van der Waals surface area contributed by atoms with Crippen molar-refractivity contribution in [3.05, 3.63) is 52.0 Å². The minimum Gasteiger partial charge on any atom is -0.469 e. The number of methoxy groups -OCH3 is 1. The number of esters is 1. The van der Waals surface area contributed by atoms with Crippen molar-refractivity contribution in [2.75, 3.05) is 27.7 Å². The summed E-state index contributed by atoms with van der Waals surface area (Å²) in [6.07, 6.45) is 5.99. The average molecular weight is 684 g/mol. The molecule has 1 aliphatic heterocycles. The largest absolute Gasteiger partial charge is 0.469 e. The van der Waals surface area contributed by atoms with Crippen LogP contribution >= 0.6 is 11.3 Å². The van der Waals surface area contributed by atoms with Crippen LogP contribution in [0.2, 0.25) is 0 Å². The maximum absolute atomic E-state index is 14.0. The zero-order chi connectivity index (χ0) is 35.4. The Bertz CT molecular complexity index is 1330. The Morgan fingerprint density at radius 2 is 1.79 bits per heavy atom. The third-order valence-electron chi connectivity index (χ3n) is 9.80. The summed E-state index contributed by atoms with van der Waals surface area (Å²) in [5.41, 5.74) is 1.41. The molecule has 1 aliphatic rings. The van der Waals surface area contributed by atoms with Gasteiger partial charge in [-0.3, -0.25) is 24.1 Å². The number of thiazole rings is 1. The fourth-order valence-electron chi connectivity index (χ4n) is 6.57. The second-order valence-corrected chi connectivity index (χ2v) is 14.8. The van der Waals surface area contributed by atoms with Gasteiger partial charge in [0.1, 0.15) is 11.7 Å². The van der Waals surface area contributed by atoms with Crippen molar-refractivity contribution in [2.24, 2.45) is 17.8 Å². The van der Waals surface area contributed by atoms with E-state index in [1.54, 1.807) is 12.3 Å². The van der Waals surface area contributed by atoms with Crippen LogP contribution in [0.5, 0.6) is 0 Å². The number of likely N-dealkylation sites (N-methyl/N-ethyl adjacent to an activating group) is 2. The van der Waals surface area contributed by atoms with Crippen molar-refractivity contribution >= 4 is 35.0 Å². The Hall–Kier alpha value is -3.31. The Balaban J connectivity index is 1.66. The summed E-state index contributed by atoms with van der Waals surface area (Å²) in [6.45, 7) is 11.0. The summed E-state index contributed by atoms with van der Waals surface area (Å²) in [6, 6.07) is 8.72. The number of aromatic nitrogens is 1. The second-order valence-electron chi connectivity index (χ2n) is 13.8. The molecular weight excluding hydrogens is 627 g/mol. The van der Waals surface area contributed by atoms with Crippen LogP contribution in [0.3, 0.4) is 0 Å². The van der Waals surface area contributed by atoms with E-state index in [0.29, 0.717) is 31.4 Å². The Morgan fingerprint density at radius 1 is 1.08 bits per heavy atom. The van der Waals surface area contributed by atoms with Crippen LogP contribution in [0.25, 0.3) is 0 Å². The maximum atomic E-state index is 14.0. The van der Waals surface area contributed by atoms with E-state index in [1.807, 2.05) is 63.2 Å². The summed E-state index contributed by atoms with van der Waals surface area (Å²) >= 11 is 1.43. The van der Waals surface area contributed by atoms with Crippen LogP contribution in [-0.4, -0.2) is 90.4 Å². The summed E-state index contributed by atoms with van der Waals surface area (Å²) in [4.78, 5) is 61.3. The number of piperidine rings is 1. The van der Waals surface area contributed by atoms with E-state index < -0.39 is 6.04 Å². The van der Waals surface area contributed by atoms with Crippen molar-refractivity contribution in [2.45, 2.75) is 110 Å². The fourth-order valence-corrected chi connectivity index (χ4v) is 7.37. The first-order chi connectivity index (χ1) is 22.9. The molecule has 48 heavy (non-hydrogen) atoms. The van der Waals surface area contributed by atoms with Crippen LogP contribution in [-0.2, 0) is 32.0 Å². The van der Waals surface area contributed by atoms with Gasteiger partial charge in [-0.05, 0) is 63.1 Å². The molecule has 1 saturated heterocycles. The topological polar surface area (TPSA) is 121 Å². The van der Waals surface area contributed by atoms with Crippen LogP contribution in [0.4, 0.5) is 0 Å². The van der Waals surface area contributed by atoms with Gasteiger partial charge in [-0.1, -0.05) is 77.8 Å². The molecule has 1 fully saturated rings. The van der Waals surface area contributed by atoms with Crippen molar-refractivity contribution in [3.8, 4) is 0 Å². The number of likely N-dealkylation sites (tertiary alicyclic amines) is 1. The number of nitrogens with zero attached hydrogens (tertiary/aromatic N) is 3. The van der Waals surface area contributed by atoms with Crippen molar-refractivity contribution in [1.82, 2.24) is 25.4 Å². The molecule has 1 aromatic carbocycles. The molecule has 0 radical (unpaired) electrons. The van der Waals surface area contributed by atoms with Crippen molar-refractivity contribution in [1.29, 1.82) is 0 Å². The standard InChI is InChI=1S/C37H57N5O5S/c1-9-25(4)33(40-35(44)31-17-13-14-20-41(31)6)36(45)42(7)30(24(2)3)18-19-32-39-29(23-48-32)34(43)38-28(21-26(5)37(46)47-8)22-27-15-11-10-12-16-27/h10-12,15-16,23-26,28,30-31,33H,9,13-14,17-22H2,1-8H3,(H,38,43)(H,40,44)/t25?,26-,28+,30+,31+,33?/m0/s1. The maximum Gasteiger partial charge on any atom is 0.308 e. The molecule has 3 rings (SSSR count). The highest BCUT2D eigenvalue weighted by atomic mass is 32.1. The van der Waals surface area contributed by atoms with Gasteiger partial charge >= 0.3 is 5.97 Å². The lowest BCUT2D eigenvalue weighted by Gasteiger charge is -2.37. The average Bonchev–Trinajstić information content (AvgIpc) is 3.55. The summed E-state index contributed by atoms with van der Waals surface area (Å²) in [7, 11) is 5.19. The van der Waals surface area contributed by atoms with E-state index in [2.05, 4.69) is 34.4 Å². The monoisotopic (exact) mass is 683 g/mol. The lowest BCUT2D eigenvalue weighted by atomic mass is 9.93. The molecule has 0 saturated carbocycles. The fraction of sp³-hybridized carbons (Fsp3) is 0.649. The minimum atomic E-state index is -0.593. The molecule has 2 heterocycles. The van der Waals surface area contributed by atoms with Gasteiger partial charge in [-0.2, -0.15) is 0 Å². The van der Waals surface area contributed by atoms with E-state index in [1.165, 1.54) is 18.4 Å². The Labute approximate surface area is 291 Å². The van der Waals surface area contributed by atoms with Gasteiger partial charge in [0.2, 0.25) is 11.8 Å². The second kappa shape index (κ2) is 19.0. The smallest absolute Gasteiger partial charge is 0.308 e. The lowest BCUT2D eigenvalue weighted by Crippen LogP contribution is -2.57. The number of benzene rings is 1. The molecule has 2 unspecified atom stereocenters. The van der Waals surface area contributed by atoms with Crippen LogP contribution in [0, 0.1) is 17.8 Å². The first-order valence-corrected chi connectivity index (χ1v) is 18.4. The number of nitrogens with one attached hydrogen (secondary N) is 2. The highest BCUT2D eigenvalue weighted by Gasteiger charge is 2.35. The number of rotatable bonds is 17. The first kappa shape index (κ1) is 39.1. The summed E-state index contributed by atoms with van der Waals surface area (Å²) in [5, 5.41) is 8.82. The van der Waals surface area contributed by atoms with Gasteiger partial charge in [0.25, 0.3) is 5.91 Å². The number of aryl methyl sites for hydroxylation is 1. The number of ether oxygens (including phenoxy) is 1. The molecule has 0 bridgehead atoms. The van der Waals surface area contributed by atoms with Gasteiger partial charge < -0.3 is 20.3 Å². The zero-order valence-electron chi connectivity index (χ0n) is 30.2. The molecule has 10 nitrogen and oxygen atoms in total. The number of amides is 3. The van der Waals surface area contributed by atoms with Crippen molar-refractivity contribution in [3.63, 3.8) is 0 Å². The van der Waals surface area contributed by atoms with Gasteiger partial charge in [0.05, 0.1) is 24.1 Å². The summed E-state index contributed by atoms with van der Waals surface area (Å²) < 4.78 is 4.92. The van der Waals surface area contributed by atoms with Gasteiger partial charge in [0.15, 0.2) is 0 Å². The predicted molar refractivity (Wildman–Crippen MR) is 191 cm³/mol. The zero-order valence-corrected chi connectivity index (χ0v) is 31.0. The normalized spacial score (nSPS) is 18.3. The van der Waals surface area contributed by atoms with Gasteiger partial charge in [0, 0.05) is 30.9 Å². The van der Waals surface area contributed by atoms with E-state index in [4.69, 9.17) is 4.74 Å². The number of hydrogen-bond donors (Lipinski definition) is 2. The molecule has 266 valence electrons. The molecule has 3 amide bonds. The molecule has 2 N–H and O–H groups in total.